The molecule has 0 aromatic heterocycles. The first-order chi connectivity index (χ1) is 7.02. The standard InChI is InChI=1S/C10H13ClN2O2/c1-7(2)6-12-9-5-3-4-8(11)10(9)13(14)15/h3-5,7,12H,6H2,1-2H3. The summed E-state index contributed by atoms with van der Waals surface area (Å²) in [6.07, 6.45) is 0. The van der Waals surface area contributed by atoms with Gasteiger partial charge in [-0.3, -0.25) is 10.1 Å². The molecular formula is C10H13ClN2O2. The molecule has 15 heavy (non-hydrogen) atoms. The number of nitro groups is 1. The van der Waals surface area contributed by atoms with Crippen molar-refractivity contribution in [1.82, 2.24) is 0 Å². The number of nitrogens with one attached hydrogen (secondary N) is 1. The van der Waals surface area contributed by atoms with Crippen LogP contribution in [0.25, 0.3) is 0 Å². The number of halogens is 1. The lowest BCUT2D eigenvalue weighted by molar-refractivity contribution is -0.383. The lowest BCUT2D eigenvalue weighted by atomic mass is 10.2. The van der Waals surface area contributed by atoms with Gasteiger partial charge in [0.25, 0.3) is 0 Å². The fraction of sp³-hybridized carbons (Fsp3) is 0.400. The van der Waals surface area contributed by atoms with E-state index in [4.69, 9.17) is 11.6 Å². The molecule has 0 aliphatic rings. The minimum atomic E-state index is -0.467. The Balaban J connectivity index is 2.96. The maximum atomic E-state index is 10.8. The summed E-state index contributed by atoms with van der Waals surface area (Å²) in [4.78, 5) is 10.3. The predicted molar refractivity (Wildman–Crippen MR) is 61.4 cm³/mol. The summed E-state index contributed by atoms with van der Waals surface area (Å²) in [5.41, 5.74) is 0.418. The van der Waals surface area contributed by atoms with Crippen LogP contribution in [0.15, 0.2) is 18.2 Å². The van der Waals surface area contributed by atoms with Gasteiger partial charge in [0.15, 0.2) is 0 Å². The monoisotopic (exact) mass is 228 g/mol. The van der Waals surface area contributed by atoms with Gasteiger partial charge < -0.3 is 5.32 Å². The van der Waals surface area contributed by atoms with Crippen molar-refractivity contribution in [1.29, 1.82) is 0 Å². The Morgan fingerprint density at radius 1 is 1.53 bits per heavy atom. The molecule has 0 spiro atoms. The van der Waals surface area contributed by atoms with Crippen LogP contribution in [0.4, 0.5) is 11.4 Å². The summed E-state index contributed by atoms with van der Waals surface area (Å²) >= 11 is 5.76. The highest BCUT2D eigenvalue weighted by Crippen LogP contribution is 2.32. The first kappa shape index (κ1) is 11.8. The van der Waals surface area contributed by atoms with E-state index in [0.29, 0.717) is 18.2 Å². The number of benzene rings is 1. The number of hydrogen-bond donors (Lipinski definition) is 1. The molecule has 4 nitrogen and oxygen atoms in total. The van der Waals surface area contributed by atoms with Crippen LogP contribution >= 0.6 is 11.6 Å². The highest BCUT2D eigenvalue weighted by molar-refractivity contribution is 6.33. The van der Waals surface area contributed by atoms with E-state index in [1.807, 2.05) is 13.8 Å². The molecule has 82 valence electrons. The number of nitro benzene ring substituents is 1. The quantitative estimate of drug-likeness (QED) is 0.635. The number of anilines is 1. The van der Waals surface area contributed by atoms with Gasteiger partial charge in [-0.25, -0.2) is 0 Å². The molecule has 1 aromatic carbocycles. The van der Waals surface area contributed by atoms with Gasteiger partial charge in [0.2, 0.25) is 0 Å². The second-order valence-corrected chi connectivity index (χ2v) is 4.08. The zero-order valence-corrected chi connectivity index (χ0v) is 9.41. The zero-order chi connectivity index (χ0) is 11.4. The number of nitrogens with zero attached hydrogens (tertiary/aromatic N) is 1. The van der Waals surface area contributed by atoms with E-state index in [2.05, 4.69) is 5.32 Å². The summed E-state index contributed by atoms with van der Waals surface area (Å²) in [5.74, 6) is 0.420. The maximum Gasteiger partial charge on any atom is 0.310 e. The molecule has 0 radical (unpaired) electrons. The number of hydrogen-bond acceptors (Lipinski definition) is 3. The van der Waals surface area contributed by atoms with Crippen molar-refractivity contribution < 1.29 is 4.92 Å². The Bertz CT molecular complexity index is 366. The first-order valence-corrected chi connectivity index (χ1v) is 5.07. The minimum Gasteiger partial charge on any atom is -0.379 e. The van der Waals surface area contributed by atoms with E-state index < -0.39 is 4.92 Å². The minimum absolute atomic E-state index is 0.0557. The fourth-order valence-electron chi connectivity index (χ4n) is 1.16. The molecule has 1 rings (SSSR count). The average Bonchev–Trinajstić information content (AvgIpc) is 2.13. The lowest BCUT2D eigenvalue weighted by Gasteiger charge is -2.09. The molecule has 0 fully saturated rings. The highest BCUT2D eigenvalue weighted by atomic mass is 35.5. The van der Waals surface area contributed by atoms with Gasteiger partial charge in [-0.2, -0.15) is 0 Å². The molecule has 5 heteroatoms. The van der Waals surface area contributed by atoms with E-state index >= 15 is 0 Å². The van der Waals surface area contributed by atoms with Crippen LogP contribution in [0.2, 0.25) is 5.02 Å². The van der Waals surface area contributed by atoms with Gasteiger partial charge >= 0.3 is 5.69 Å². The molecule has 0 unspecified atom stereocenters. The molecular weight excluding hydrogens is 216 g/mol. The normalized spacial score (nSPS) is 10.4. The molecule has 0 aliphatic heterocycles. The van der Waals surface area contributed by atoms with E-state index in [9.17, 15) is 10.1 Å². The van der Waals surface area contributed by atoms with Crippen molar-refractivity contribution in [3.05, 3.63) is 33.3 Å². The molecule has 0 heterocycles. The van der Waals surface area contributed by atoms with Crippen LogP contribution in [0.3, 0.4) is 0 Å². The summed E-state index contributed by atoms with van der Waals surface area (Å²) in [5, 5.41) is 13.9. The van der Waals surface area contributed by atoms with Gasteiger partial charge in [0.05, 0.1) is 4.92 Å². The third-order valence-electron chi connectivity index (χ3n) is 1.87. The molecule has 0 amide bonds. The molecule has 0 atom stereocenters. The summed E-state index contributed by atoms with van der Waals surface area (Å²) in [7, 11) is 0. The second kappa shape index (κ2) is 4.98. The Morgan fingerprint density at radius 3 is 2.73 bits per heavy atom. The molecule has 1 aromatic rings. The molecule has 0 saturated heterocycles. The molecule has 0 saturated carbocycles. The SMILES string of the molecule is CC(C)CNc1cccc(Cl)c1[N+](=O)[O-]. The largest absolute Gasteiger partial charge is 0.379 e. The second-order valence-electron chi connectivity index (χ2n) is 3.67. The van der Waals surface area contributed by atoms with E-state index in [-0.39, 0.29) is 10.7 Å². The Morgan fingerprint density at radius 2 is 2.20 bits per heavy atom. The average molecular weight is 229 g/mol. The van der Waals surface area contributed by atoms with Crippen molar-refractivity contribution >= 4 is 23.0 Å². The van der Waals surface area contributed by atoms with Crippen LogP contribution in [0, 0.1) is 16.0 Å². The van der Waals surface area contributed by atoms with E-state index in [0.717, 1.165) is 0 Å². The van der Waals surface area contributed by atoms with Crippen molar-refractivity contribution in [2.45, 2.75) is 13.8 Å². The molecule has 0 bridgehead atoms. The van der Waals surface area contributed by atoms with E-state index in [1.165, 1.54) is 6.07 Å². The zero-order valence-electron chi connectivity index (χ0n) is 8.66. The third-order valence-corrected chi connectivity index (χ3v) is 2.18. The van der Waals surface area contributed by atoms with Crippen LogP contribution < -0.4 is 5.32 Å². The van der Waals surface area contributed by atoms with Gasteiger partial charge in [0.1, 0.15) is 10.7 Å². The fourth-order valence-corrected chi connectivity index (χ4v) is 1.40. The smallest absolute Gasteiger partial charge is 0.310 e. The van der Waals surface area contributed by atoms with E-state index in [1.54, 1.807) is 12.1 Å². The molecule has 1 N–H and O–H groups in total. The molecule has 0 aliphatic carbocycles. The van der Waals surface area contributed by atoms with Gasteiger partial charge in [-0.1, -0.05) is 31.5 Å². The summed E-state index contributed by atoms with van der Waals surface area (Å²) in [6.45, 7) is 4.74. The summed E-state index contributed by atoms with van der Waals surface area (Å²) < 4.78 is 0. The summed E-state index contributed by atoms with van der Waals surface area (Å²) in [6, 6.07) is 4.87. The third kappa shape index (κ3) is 3.09. The lowest BCUT2D eigenvalue weighted by Crippen LogP contribution is -2.09. The predicted octanol–water partition coefficient (Wildman–Crippen LogP) is 3.32. The first-order valence-electron chi connectivity index (χ1n) is 4.69. The topological polar surface area (TPSA) is 55.2 Å². The Labute approximate surface area is 93.4 Å². The van der Waals surface area contributed by atoms with Crippen LogP contribution in [0.1, 0.15) is 13.8 Å². The van der Waals surface area contributed by atoms with Crippen molar-refractivity contribution in [2.24, 2.45) is 5.92 Å². The number of para-hydroxylation sites is 1. The van der Waals surface area contributed by atoms with Crippen molar-refractivity contribution in [3.63, 3.8) is 0 Å². The Hall–Kier alpha value is -1.29. The van der Waals surface area contributed by atoms with Crippen molar-refractivity contribution in [2.75, 3.05) is 11.9 Å². The van der Waals surface area contributed by atoms with Crippen LogP contribution in [-0.2, 0) is 0 Å². The highest BCUT2D eigenvalue weighted by Gasteiger charge is 2.17. The van der Waals surface area contributed by atoms with Crippen LogP contribution in [-0.4, -0.2) is 11.5 Å². The number of rotatable bonds is 4. The van der Waals surface area contributed by atoms with Gasteiger partial charge in [0, 0.05) is 6.54 Å². The van der Waals surface area contributed by atoms with Crippen LogP contribution in [0.5, 0.6) is 0 Å². The van der Waals surface area contributed by atoms with Gasteiger partial charge in [-0.15, -0.1) is 0 Å². The Kier molecular flexibility index (Phi) is 3.91. The van der Waals surface area contributed by atoms with Crippen molar-refractivity contribution in [3.8, 4) is 0 Å². The van der Waals surface area contributed by atoms with Gasteiger partial charge in [-0.05, 0) is 18.1 Å². The maximum absolute atomic E-state index is 10.8.